The molecule has 6 heteroatoms. The van der Waals surface area contributed by atoms with Crippen molar-refractivity contribution in [2.24, 2.45) is 5.92 Å². The largest absolute Gasteiger partial charge is 0.338 e. The average molecular weight is 365 g/mol. The zero-order chi connectivity index (χ0) is 18.2. The van der Waals surface area contributed by atoms with Crippen molar-refractivity contribution in [1.29, 1.82) is 0 Å². The van der Waals surface area contributed by atoms with Crippen molar-refractivity contribution < 1.29 is 4.79 Å². The predicted octanol–water partition coefficient (Wildman–Crippen LogP) is 2.02. The van der Waals surface area contributed by atoms with E-state index in [4.69, 9.17) is 0 Å². The minimum absolute atomic E-state index is 0.116. The number of hydrogen-bond donors (Lipinski definition) is 0. The van der Waals surface area contributed by atoms with Crippen LogP contribution in [0.25, 0.3) is 0 Å². The van der Waals surface area contributed by atoms with E-state index in [1.54, 1.807) is 0 Å². The molecule has 1 saturated heterocycles. The lowest BCUT2D eigenvalue weighted by molar-refractivity contribution is -0.138. The van der Waals surface area contributed by atoms with Crippen molar-refractivity contribution in [3.8, 4) is 0 Å². The van der Waals surface area contributed by atoms with E-state index in [0.29, 0.717) is 5.91 Å². The van der Waals surface area contributed by atoms with Crippen LogP contribution in [0, 0.1) is 5.92 Å². The third-order valence-corrected chi connectivity index (χ3v) is 6.35. The number of fused-ring (bicyclic) bond motifs is 2. The van der Waals surface area contributed by atoms with Crippen molar-refractivity contribution in [3.63, 3.8) is 0 Å². The fraction of sp³-hybridized carbons (Fsp3) is 0.571. The molecule has 0 aliphatic carbocycles. The molecule has 3 aliphatic rings. The minimum atomic E-state index is 0.116. The number of nitrogens with zero attached hydrogens (tertiary/aromatic N) is 5. The van der Waals surface area contributed by atoms with E-state index in [2.05, 4.69) is 48.8 Å². The minimum Gasteiger partial charge on any atom is -0.338 e. The molecule has 0 bridgehead atoms. The zero-order valence-corrected chi connectivity index (χ0v) is 15.8. The number of aryl methyl sites for hydroxylation is 1. The molecular formula is C21H27N5O. The summed E-state index contributed by atoms with van der Waals surface area (Å²) < 4.78 is 2.27. The van der Waals surface area contributed by atoms with Crippen LogP contribution in [-0.2, 0) is 37.3 Å². The Morgan fingerprint density at radius 1 is 1.04 bits per heavy atom. The van der Waals surface area contributed by atoms with Gasteiger partial charge in [0.2, 0.25) is 5.91 Å². The number of hydrogen-bond acceptors (Lipinski definition) is 4. The molecule has 6 nitrogen and oxygen atoms in total. The summed E-state index contributed by atoms with van der Waals surface area (Å²) in [5, 5.41) is 8.71. The number of aromatic nitrogens is 3. The fourth-order valence-corrected chi connectivity index (χ4v) is 4.87. The summed E-state index contributed by atoms with van der Waals surface area (Å²) in [6.07, 6.45) is 5.29. The van der Waals surface area contributed by atoms with Crippen LogP contribution in [0.1, 0.15) is 42.0 Å². The van der Waals surface area contributed by atoms with Gasteiger partial charge in [0.05, 0.1) is 12.5 Å². The van der Waals surface area contributed by atoms with Crippen LogP contribution in [0.4, 0.5) is 0 Å². The van der Waals surface area contributed by atoms with E-state index in [0.717, 1.165) is 76.6 Å². The number of benzene rings is 1. The third kappa shape index (κ3) is 3.27. The van der Waals surface area contributed by atoms with Crippen molar-refractivity contribution in [2.75, 3.05) is 19.6 Å². The first kappa shape index (κ1) is 16.9. The highest BCUT2D eigenvalue weighted by Crippen LogP contribution is 2.25. The Kier molecular flexibility index (Phi) is 4.44. The molecule has 5 rings (SSSR count). The highest BCUT2D eigenvalue weighted by Gasteiger charge is 2.31. The normalized spacial score (nSPS) is 22.5. The Hall–Kier alpha value is -2.21. The molecule has 0 spiro atoms. The van der Waals surface area contributed by atoms with E-state index >= 15 is 0 Å². The van der Waals surface area contributed by atoms with Gasteiger partial charge in [0.25, 0.3) is 0 Å². The van der Waals surface area contributed by atoms with Crippen molar-refractivity contribution >= 4 is 5.91 Å². The van der Waals surface area contributed by atoms with Gasteiger partial charge in [-0.15, -0.1) is 10.2 Å². The van der Waals surface area contributed by atoms with Gasteiger partial charge in [-0.3, -0.25) is 9.69 Å². The smallest absolute Gasteiger partial charge is 0.227 e. The highest BCUT2D eigenvalue weighted by molar-refractivity contribution is 5.79. The molecule has 1 fully saturated rings. The molecule has 142 valence electrons. The predicted molar refractivity (Wildman–Crippen MR) is 102 cm³/mol. The Bertz CT molecular complexity index is 845. The van der Waals surface area contributed by atoms with Crippen LogP contribution in [0.15, 0.2) is 24.3 Å². The van der Waals surface area contributed by atoms with E-state index < -0.39 is 0 Å². The standard InChI is InChI=1S/C21H27N5O/c27-21(25-12-9-16-5-1-2-6-17(16)14-25)18-7-3-10-24(13-18)15-20-23-22-19-8-4-11-26(19)20/h1-2,5-6,18H,3-4,7-15H2. The lowest BCUT2D eigenvalue weighted by Gasteiger charge is -2.36. The van der Waals surface area contributed by atoms with Crippen LogP contribution >= 0.6 is 0 Å². The van der Waals surface area contributed by atoms with Gasteiger partial charge in [-0.2, -0.15) is 0 Å². The maximum Gasteiger partial charge on any atom is 0.227 e. The summed E-state index contributed by atoms with van der Waals surface area (Å²) in [6.45, 7) is 5.38. The first-order valence-electron chi connectivity index (χ1n) is 10.3. The van der Waals surface area contributed by atoms with Gasteiger partial charge >= 0.3 is 0 Å². The second kappa shape index (κ2) is 7.08. The molecule has 3 aliphatic heterocycles. The lowest BCUT2D eigenvalue weighted by Crippen LogP contribution is -2.46. The van der Waals surface area contributed by atoms with Gasteiger partial charge in [0, 0.05) is 32.6 Å². The zero-order valence-electron chi connectivity index (χ0n) is 15.8. The van der Waals surface area contributed by atoms with Gasteiger partial charge in [-0.1, -0.05) is 24.3 Å². The number of piperidine rings is 1. The van der Waals surface area contributed by atoms with Crippen LogP contribution in [0.3, 0.4) is 0 Å². The second-order valence-corrected chi connectivity index (χ2v) is 8.14. The Morgan fingerprint density at radius 2 is 1.93 bits per heavy atom. The molecule has 1 aromatic heterocycles. The van der Waals surface area contributed by atoms with Crippen LogP contribution in [0.2, 0.25) is 0 Å². The molecule has 0 radical (unpaired) electrons. The van der Waals surface area contributed by atoms with Gasteiger partial charge in [-0.25, -0.2) is 0 Å². The van der Waals surface area contributed by atoms with E-state index in [9.17, 15) is 4.79 Å². The average Bonchev–Trinajstić information content (AvgIpc) is 3.32. The topological polar surface area (TPSA) is 54.3 Å². The Labute approximate surface area is 160 Å². The maximum atomic E-state index is 13.2. The van der Waals surface area contributed by atoms with Crippen LogP contribution in [-0.4, -0.2) is 50.1 Å². The summed E-state index contributed by atoms with van der Waals surface area (Å²) in [5.41, 5.74) is 2.70. The Morgan fingerprint density at radius 3 is 2.85 bits per heavy atom. The summed E-state index contributed by atoms with van der Waals surface area (Å²) in [6, 6.07) is 8.52. The molecule has 1 aromatic carbocycles. The highest BCUT2D eigenvalue weighted by atomic mass is 16.2. The molecule has 1 atom stereocenters. The molecule has 1 unspecified atom stereocenters. The van der Waals surface area contributed by atoms with Crippen LogP contribution in [0.5, 0.6) is 0 Å². The number of carbonyl (C=O) groups is 1. The molecule has 4 heterocycles. The monoisotopic (exact) mass is 365 g/mol. The first-order chi connectivity index (χ1) is 13.3. The molecule has 2 aromatic rings. The molecule has 0 saturated carbocycles. The summed E-state index contributed by atoms with van der Waals surface area (Å²) in [4.78, 5) is 17.6. The van der Waals surface area contributed by atoms with E-state index in [1.807, 2.05) is 0 Å². The van der Waals surface area contributed by atoms with Crippen molar-refractivity contribution in [3.05, 3.63) is 47.0 Å². The SMILES string of the molecule is O=C(C1CCCN(Cc2nnc3n2CCC3)C1)N1CCc2ccccc2C1. The van der Waals surface area contributed by atoms with E-state index in [-0.39, 0.29) is 5.92 Å². The number of amides is 1. The number of rotatable bonds is 3. The third-order valence-electron chi connectivity index (χ3n) is 6.35. The Balaban J connectivity index is 1.24. The van der Waals surface area contributed by atoms with Gasteiger partial charge in [0.1, 0.15) is 11.6 Å². The lowest BCUT2D eigenvalue weighted by atomic mass is 9.94. The second-order valence-electron chi connectivity index (χ2n) is 8.14. The summed E-state index contributed by atoms with van der Waals surface area (Å²) >= 11 is 0. The molecule has 1 amide bonds. The van der Waals surface area contributed by atoms with Gasteiger partial charge in [0.15, 0.2) is 0 Å². The summed E-state index contributed by atoms with van der Waals surface area (Å²) in [5.74, 6) is 2.65. The quantitative estimate of drug-likeness (QED) is 0.835. The van der Waals surface area contributed by atoms with Gasteiger partial charge in [-0.05, 0) is 43.4 Å². The van der Waals surface area contributed by atoms with Crippen molar-refractivity contribution in [1.82, 2.24) is 24.6 Å². The van der Waals surface area contributed by atoms with Gasteiger partial charge < -0.3 is 9.47 Å². The van der Waals surface area contributed by atoms with Crippen molar-refractivity contribution in [2.45, 2.75) is 51.7 Å². The molecule has 27 heavy (non-hydrogen) atoms. The van der Waals surface area contributed by atoms with Crippen LogP contribution < -0.4 is 0 Å². The number of likely N-dealkylation sites (tertiary alicyclic amines) is 1. The molecular weight excluding hydrogens is 338 g/mol. The fourth-order valence-electron chi connectivity index (χ4n) is 4.87. The maximum absolute atomic E-state index is 13.2. The number of carbonyl (C=O) groups excluding carboxylic acids is 1. The first-order valence-corrected chi connectivity index (χ1v) is 10.3. The van der Waals surface area contributed by atoms with E-state index in [1.165, 1.54) is 17.5 Å². The molecule has 0 N–H and O–H groups in total. The summed E-state index contributed by atoms with van der Waals surface area (Å²) in [7, 11) is 0.